The molecule has 1 aromatic heterocycles. The molecule has 3 rings (SSSR count). The van der Waals surface area contributed by atoms with Crippen molar-refractivity contribution in [1.82, 2.24) is 4.98 Å². The number of hydrogen-bond donors (Lipinski definition) is 2. The van der Waals surface area contributed by atoms with Gasteiger partial charge in [-0.15, -0.1) is 0 Å². The molecule has 4 nitrogen and oxygen atoms in total. The van der Waals surface area contributed by atoms with Gasteiger partial charge in [-0.3, -0.25) is 4.98 Å². The number of pyridine rings is 1. The molecule has 1 aromatic carbocycles. The predicted octanol–water partition coefficient (Wildman–Crippen LogP) is 4.87. The van der Waals surface area contributed by atoms with Crippen LogP contribution in [0.4, 0.5) is 18.9 Å². The first kappa shape index (κ1) is 19.8. The Kier molecular flexibility index (Phi) is 4.80. The van der Waals surface area contributed by atoms with Crippen molar-refractivity contribution in [3.05, 3.63) is 52.8 Å². The molecule has 2 unspecified atom stereocenters. The maximum Gasteiger partial charge on any atom is 0.419 e. The van der Waals surface area contributed by atoms with Crippen molar-refractivity contribution in [1.29, 1.82) is 0 Å². The minimum absolute atomic E-state index is 0.295. The van der Waals surface area contributed by atoms with Gasteiger partial charge in [0.1, 0.15) is 5.75 Å². The number of nitrogens with one attached hydrogen (secondary N) is 1. The molecule has 0 saturated heterocycles. The number of aromatic nitrogens is 1. The lowest BCUT2D eigenvalue weighted by Crippen LogP contribution is -2.58. The zero-order chi connectivity index (χ0) is 20.0. The normalized spacial score (nSPS) is 24.2. The lowest BCUT2D eigenvalue weighted by atomic mass is 9.63. The van der Waals surface area contributed by atoms with Gasteiger partial charge in [-0.25, -0.2) is 0 Å². The van der Waals surface area contributed by atoms with E-state index in [1.165, 1.54) is 31.6 Å². The number of rotatable bonds is 3. The van der Waals surface area contributed by atoms with Crippen LogP contribution in [0.5, 0.6) is 5.75 Å². The van der Waals surface area contributed by atoms with E-state index in [2.05, 4.69) is 10.3 Å². The minimum atomic E-state index is -4.85. The molecular formula is C19H20ClF3N2O2. The van der Waals surface area contributed by atoms with Crippen LogP contribution in [0.3, 0.4) is 0 Å². The van der Waals surface area contributed by atoms with Gasteiger partial charge >= 0.3 is 6.18 Å². The van der Waals surface area contributed by atoms with E-state index in [4.69, 9.17) is 16.3 Å². The molecule has 2 aromatic rings. The lowest BCUT2D eigenvalue weighted by molar-refractivity contribution is -0.275. The van der Waals surface area contributed by atoms with E-state index in [1.807, 2.05) is 0 Å². The first-order valence-corrected chi connectivity index (χ1v) is 8.71. The second-order valence-corrected chi connectivity index (χ2v) is 7.75. The molecular weight excluding hydrogens is 381 g/mol. The van der Waals surface area contributed by atoms with E-state index in [9.17, 15) is 18.3 Å². The molecule has 2 atom stereocenters. The summed E-state index contributed by atoms with van der Waals surface area (Å²) in [6.45, 7) is 3.29. The number of fused-ring (bicyclic) bond motifs is 1. The molecule has 0 radical (unpaired) electrons. The fourth-order valence-corrected chi connectivity index (χ4v) is 4.14. The highest BCUT2D eigenvalue weighted by Gasteiger charge is 2.64. The van der Waals surface area contributed by atoms with Crippen LogP contribution in [-0.2, 0) is 5.41 Å². The average molecular weight is 401 g/mol. The van der Waals surface area contributed by atoms with Gasteiger partial charge in [0, 0.05) is 23.6 Å². The number of alkyl halides is 3. The van der Waals surface area contributed by atoms with Gasteiger partial charge in [0.15, 0.2) is 5.60 Å². The summed E-state index contributed by atoms with van der Waals surface area (Å²) in [5.74, 6) is 0.324. The van der Waals surface area contributed by atoms with Crippen molar-refractivity contribution in [3.63, 3.8) is 0 Å². The number of hydrogen-bond acceptors (Lipinski definition) is 4. The van der Waals surface area contributed by atoms with Crippen LogP contribution >= 0.6 is 11.6 Å². The Hall–Kier alpha value is -1.99. The molecule has 1 aliphatic carbocycles. The topological polar surface area (TPSA) is 54.4 Å². The summed E-state index contributed by atoms with van der Waals surface area (Å²) in [5, 5.41) is 14.0. The second kappa shape index (κ2) is 6.56. The third kappa shape index (κ3) is 3.23. The average Bonchev–Trinajstić information content (AvgIpc) is 2.58. The fraction of sp³-hybridized carbons (Fsp3) is 0.421. The van der Waals surface area contributed by atoms with E-state index < -0.39 is 29.7 Å². The molecule has 27 heavy (non-hydrogen) atoms. The van der Waals surface area contributed by atoms with Crippen LogP contribution in [0, 0.1) is 0 Å². The van der Waals surface area contributed by atoms with Crippen molar-refractivity contribution in [2.45, 2.75) is 43.5 Å². The highest BCUT2D eigenvalue weighted by atomic mass is 35.5. The summed E-state index contributed by atoms with van der Waals surface area (Å²) in [6.07, 6.45) is -2.47. The summed E-state index contributed by atoms with van der Waals surface area (Å²) in [5.41, 5.74) is -2.74. The summed E-state index contributed by atoms with van der Waals surface area (Å²) >= 11 is 6.22. The molecule has 1 aliphatic rings. The van der Waals surface area contributed by atoms with Crippen LogP contribution in [0.2, 0.25) is 5.02 Å². The number of nitrogens with zero attached hydrogens (tertiary/aromatic N) is 1. The SMILES string of the molecule is COc1c(Cl)ccc2c1C(C)(C)CC(O)(C(F)(F)F)C2Nc1ccncc1. The maximum atomic E-state index is 14.0. The molecule has 0 amide bonds. The van der Waals surface area contributed by atoms with E-state index in [0.717, 1.165) is 0 Å². The number of benzene rings is 1. The largest absolute Gasteiger partial charge is 0.495 e. The molecule has 0 aliphatic heterocycles. The Morgan fingerprint density at radius 1 is 1.22 bits per heavy atom. The molecule has 0 saturated carbocycles. The third-order valence-corrected chi connectivity index (χ3v) is 5.30. The summed E-state index contributed by atoms with van der Waals surface area (Å²) in [7, 11) is 1.42. The molecule has 0 fully saturated rings. The Morgan fingerprint density at radius 2 is 1.85 bits per heavy atom. The molecule has 2 N–H and O–H groups in total. The van der Waals surface area contributed by atoms with Gasteiger partial charge < -0.3 is 15.2 Å². The number of ether oxygens (including phenoxy) is 1. The van der Waals surface area contributed by atoms with E-state index >= 15 is 0 Å². The smallest absolute Gasteiger partial charge is 0.419 e. The van der Waals surface area contributed by atoms with E-state index in [1.54, 1.807) is 26.0 Å². The number of aliphatic hydroxyl groups is 1. The molecule has 146 valence electrons. The van der Waals surface area contributed by atoms with Crippen molar-refractivity contribution in [2.24, 2.45) is 0 Å². The van der Waals surface area contributed by atoms with Crippen molar-refractivity contribution in [3.8, 4) is 5.75 Å². The van der Waals surface area contributed by atoms with Crippen LogP contribution < -0.4 is 10.1 Å². The predicted molar refractivity (Wildman–Crippen MR) is 97.3 cm³/mol. The summed E-state index contributed by atoms with van der Waals surface area (Å²) in [4.78, 5) is 3.87. The van der Waals surface area contributed by atoms with Crippen molar-refractivity contribution in [2.75, 3.05) is 12.4 Å². The maximum absolute atomic E-state index is 14.0. The highest BCUT2D eigenvalue weighted by Crippen LogP contribution is 2.57. The van der Waals surface area contributed by atoms with Crippen LogP contribution in [-0.4, -0.2) is 29.0 Å². The first-order valence-electron chi connectivity index (χ1n) is 8.34. The fourth-order valence-electron chi connectivity index (χ4n) is 3.91. The quantitative estimate of drug-likeness (QED) is 0.771. The summed E-state index contributed by atoms with van der Waals surface area (Å²) < 4.78 is 47.5. The molecule has 0 spiro atoms. The minimum Gasteiger partial charge on any atom is -0.495 e. The Balaban J connectivity index is 2.26. The van der Waals surface area contributed by atoms with E-state index in [0.29, 0.717) is 27.6 Å². The standard InChI is InChI=1S/C19H20ClF3N2O2/c1-17(2)10-18(26,19(21,22)23)16(25-11-6-8-24-9-7-11)12-4-5-13(20)15(27-3)14(12)17/h4-9,16,26H,10H2,1-3H3,(H,24,25). The second-order valence-electron chi connectivity index (χ2n) is 7.34. The number of halogens is 4. The molecule has 0 bridgehead atoms. The van der Waals surface area contributed by atoms with Crippen molar-refractivity contribution < 1.29 is 23.0 Å². The van der Waals surface area contributed by atoms with Gasteiger partial charge in [0.05, 0.1) is 18.2 Å². The molecule has 1 heterocycles. The van der Waals surface area contributed by atoms with Crippen LogP contribution in [0.25, 0.3) is 0 Å². The van der Waals surface area contributed by atoms with Crippen molar-refractivity contribution >= 4 is 17.3 Å². The molecule has 8 heteroatoms. The zero-order valence-corrected chi connectivity index (χ0v) is 15.8. The number of anilines is 1. The van der Waals surface area contributed by atoms with Gasteiger partial charge in [-0.05, 0) is 35.6 Å². The third-order valence-electron chi connectivity index (χ3n) is 5.00. The van der Waals surface area contributed by atoms with Gasteiger partial charge in [0.2, 0.25) is 0 Å². The Labute approximate surface area is 160 Å². The Bertz CT molecular complexity index is 843. The first-order chi connectivity index (χ1) is 12.5. The van der Waals surface area contributed by atoms with E-state index in [-0.39, 0.29) is 0 Å². The monoisotopic (exact) mass is 400 g/mol. The van der Waals surface area contributed by atoms with Gasteiger partial charge in [-0.2, -0.15) is 13.2 Å². The summed E-state index contributed by atoms with van der Waals surface area (Å²) in [6, 6.07) is 4.65. The lowest BCUT2D eigenvalue weighted by Gasteiger charge is -2.49. The number of methoxy groups -OCH3 is 1. The van der Waals surface area contributed by atoms with Gasteiger partial charge in [-0.1, -0.05) is 31.5 Å². The Morgan fingerprint density at radius 3 is 2.41 bits per heavy atom. The highest BCUT2D eigenvalue weighted by molar-refractivity contribution is 6.32. The van der Waals surface area contributed by atoms with Crippen LogP contribution in [0.1, 0.15) is 37.4 Å². The van der Waals surface area contributed by atoms with Crippen LogP contribution in [0.15, 0.2) is 36.7 Å². The van der Waals surface area contributed by atoms with Gasteiger partial charge in [0.25, 0.3) is 0 Å². The zero-order valence-electron chi connectivity index (χ0n) is 15.1.